The minimum Gasteiger partial charge on any atom is -0.480 e. The molecule has 4 heteroatoms. The molecule has 0 spiro atoms. The first-order valence-corrected chi connectivity index (χ1v) is 6.11. The van der Waals surface area contributed by atoms with E-state index in [-0.39, 0.29) is 0 Å². The minimum atomic E-state index is -0.751. The van der Waals surface area contributed by atoms with Crippen LogP contribution in [0.15, 0.2) is 22.7 Å². The van der Waals surface area contributed by atoms with Crippen LogP contribution in [0.4, 0.5) is 0 Å². The van der Waals surface area contributed by atoms with Crippen LogP contribution in [0.5, 0.6) is 0 Å². The number of hydrogen-bond donors (Lipinski definition) is 1. The molecule has 16 heavy (non-hydrogen) atoms. The third-order valence-electron chi connectivity index (χ3n) is 3.12. The summed E-state index contributed by atoms with van der Waals surface area (Å²) in [5.74, 6) is -0.751. The van der Waals surface area contributed by atoms with Gasteiger partial charge in [-0.05, 0) is 36.6 Å². The molecular weight excluding hydrogens is 270 g/mol. The van der Waals surface area contributed by atoms with Crippen molar-refractivity contribution in [2.45, 2.75) is 25.9 Å². The summed E-state index contributed by atoms with van der Waals surface area (Å²) >= 11 is 3.44. The third kappa shape index (κ3) is 2.28. The molecule has 1 aromatic carbocycles. The van der Waals surface area contributed by atoms with Crippen molar-refractivity contribution in [3.63, 3.8) is 0 Å². The fourth-order valence-corrected chi connectivity index (χ4v) is 2.44. The van der Waals surface area contributed by atoms with Crippen LogP contribution >= 0.6 is 15.9 Å². The summed E-state index contributed by atoms with van der Waals surface area (Å²) in [5, 5.41) is 8.99. The van der Waals surface area contributed by atoms with Crippen LogP contribution in [0, 0.1) is 0 Å². The van der Waals surface area contributed by atoms with E-state index < -0.39 is 12.0 Å². The summed E-state index contributed by atoms with van der Waals surface area (Å²) < 4.78 is 1.05. The van der Waals surface area contributed by atoms with E-state index in [9.17, 15) is 4.79 Å². The van der Waals surface area contributed by atoms with Crippen molar-refractivity contribution in [1.29, 1.82) is 0 Å². The summed E-state index contributed by atoms with van der Waals surface area (Å²) in [6.45, 7) is 3.29. The zero-order valence-electron chi connectivity index (χ0n) is 9.11. The lowest BCUT2D eigenvalue weighted by Crippen LogP contribution is -2.42. The maximum atomic E-state index is 10.9. The predicted octanol–water partition coefficient (Wildman–Crippen LogP) is 2.28. The van der Waals surface area contributed by atoms with E-state index in [2.05, 4.69) is 28.1 Å². The smallest absolute Gasteiger partial charge is 0.320 e. The van der Waals surface area contributed by atoms with Gasteiger partial charge in [-0.1, -0.05) is 22.0 Å². The second-order valence-corrected chi connectivity index (χ2v) is 5.06. The molecule has 1 heterocycles. The van der Waals surface area contributed by atoms with Gasteiger partial charge in [0.1, 0.15) is 6.04 Å². The molecule has 3 nitrogen and oxygen atoms in total. The van der Waals surface area contributed by atoms with Crippen LogP contribution in [0.25, 0.3) is 0 Å². The van der Waals surface area contributed by atoms with Gasteiger partial charge in [0.15, 0.2) is 0 Å². The molecule has 0 aromatic heterocycles. The zero-order valence-corrected chi connectivity index (χ0v) is 10.7. The number of benzene rings is 1. The molecule has 0 bridgehead atoms. The first kappa shape index (κ1) is 11.6. The number of carboxylic acid groups (broad SMARTS) is 1. The molecule has 0 aliphatic carbocycles. The molecule has 1 unspecified atom stereocenters. The van der Waals surface area contributed by atoms with Crippen LogP contribution in [-0.4, -0.2) is 28.6 Å². The first-order valence-electron chi connectivity index (χ1n) is 5.32. The second-order valence-electron chi connectivity index (χ2n) is 4.15. The highest BCUT2D eigenvalue weighted by Crippen LogP contribution is 2.23. The van der Waals surface area contributed by atoms with Crippen LogP contribution in [0.1, 0.15) is 18.1 Å². The number of aliphatic carboxylic acids is 1. The summed E-state index contributed by atoms with van der Waals surface area (Å²) in [5.41, 5.74) is 2.56. The molecule has 1 N–H and O–H groups in total. The standard InChI is InChI=1S/C12H14BrNO2/c1-8(12(15)16)14-5-4-9-2-3-11(13)6-10(9)7-14/h2-3,6,8H,4-5,7H2,1H3,(H,15,16). The fourth-order valence-electron chi connectivity index (χ4n) is 2.03. The molecule has 86 valence electrons. The Morgan fingerprint density at radius 2 is 2.25 bits per heavy atom. The Hall–Kier alpha value is -0.870. The summed E-state index contributed by atoms with van der Waals surface area (Å²) in [6, 6.07) is 5.82. The Morgan fingerprint density at radius 1 is 1.50 bits per heavy atom. The molecule has 1 atom stereocenters. The maximum Gasteiger partial charge on any atom is 0.320 e. The van der Waals surface area contributed by atoms with Gasteiger partial charge in [-0.25, -0.2) is 0 Å². The Kier molecular flexibility index (Phi) is 3.30. The van der Waals surface area contributed by atoms with Gasteiger partial charge < -0.3 is 5.11 Å². The van der Waals surface area contributed by atoms with E-state index in [1.54, 1.807) is 6.92 Å². The number of fused-ring (bicyclic) bond motifs is 1. The van der Waals surface area contributed by atoms with Crippen LogP contribution in [0.3, 0.4) is 0 Å². The summed E-state index contributed by atoms with van der Waals surface area (Å²) in [6.07, 6.45) is 0.931. The van der Waals surface area contributed by atoms with Crippen molar-refractivity contribution in [3.05, 3.63) is 33.8 Å². The highest BCUT2D eigenvalue weighted by atomic mass is 79.9. The predicted molar refractivity (Wildman–Crippen MR) is 65.4 cm³/mol. The van der Waals surface area contributed by atoms with Gasteiger partial charge in [-0.15, -0.1) is 0 Å². The SMILES string of the molecule is CC(C(=O)O)N1CCc2ccc(Br)cc2C1. The van der Waals surface area contributed by atoms with E-state index in [1.165, 1.54) is 11.1 Å². The molecule has 0 saturated heterocycles. The quantitative estimate of drug-likeness (QED) is 0.905. The van der Waals surface area contributed by atoms with Crippen molar-refractivity contribution in [2.75, 3.05) is 6.54 Å². The fraction of sp³-hybridized carbons (Fsp3) is 0.417. The van der Waals surface area contributed by atoms with Gasteiger partial charge in [0, 0.05) is 17.6 Å². The number of rotatable bonds is 2. The lowest BCUT2D eigenvalue weighted by atomic mass is 9.99. The van der Waals surface area contributed by atoms with E-state index in [1.807, 2.05) is 11.0 Å². The Bertz CT molecular complexity index is 419. The topological polar surface area (TPSA) is 40.5 Å². The van der Waals surface area contributed by atoms with Gasteiger partial charge in [0.05, 0.1) is 0 Å². The molecular formula is C12H14BrNO2. The monoisotopic (exact) mass is 283 g/mol. The van der Waals surface area contributed by atoms with Crippen molar-refractivity contribution in [2.24, 2.45) is 0 Å². The van der Waals surface area contributed by atoms with Crippen LogP contribution in [0.2, 0.25) is 0 Å². The first-order chi connectivity index (χ1) is 7.58. The van der Waals surface area contributed by atoms with Crippen molar-refractivity contribution in [3.8, 4) is 0 Å². The average Bonchev–Trinajstić information content (AvgIpc) is 2.26. The molecule has 1 aliphatic heterocycles. The molecule has 0 saturated carbocycles. The molecule has 0 amide bonds. The van der Waals surface area contributed by atoms with Gasteiger partial charge in [-0.2, -0.15) is 0 Å². The molecule has 2 rings (SSSR count). The lowest BCUT2D eigenvalue weighted by Gasteiger charge is -2.31. The summed E-state index contributed by atoms with van der Waals surface area (Å²) in [4.78, 5) is 12.9. The number of halogens is 1. The number of carboxylic acids is 1. The van der Waals surface area contributed by atoms with Crippen molar-refractivity contribution >= 4 is 21.9 Å². The van der Waals surface area contributed by atoms with Crippen LogP contribution in [-0.2, 0) is 17.8 Å². The molecule has 1 aliphatic rings. The third-order valence-corrected chi connectivity index (χ3v) is 3.61. The lowest BCUT2D eigenvalue weighted by molar-refractivity contribution is -0.143. The minimum absolute atomic E-state index is 0.410. The van der Waals surface area contributed by atoms with E-state index in [4.69, 9.17) is 5.11 Å². The van der Waals surface area contributed by atoms with Crippen molar-refractivity contribution in [1.82, 2.24) is 4.90 Å². The second kappa shape index (κ2) is 4.55. The number of carbonyl (C=O) groups is 1. The normalized spacial score (nSPS) is 17.9. The van der Waals surface area contributed by atoms with Crippen LogP contribution < -0.4 is 0 Å². The van der Waals surface area contributed by atoms with Gasteiger partial charge in [0.2, 0.25) is 0 Å². The number of nitrogens with zero attached hydrogens (tertiary/aromatic N) is 1. The van der Waals surface area contributed by atoms with E-state index in [0.717, 1.165) is 24.0 Å². The number of hydrogen-bond acceptors (Lipinski definition) is 2. The average molecular weight is 284 g/mol. The van der Waals surface area contributed by atoms with E-state index >= 15 is 0 Å². The zero-order chi connectivity index (χ0) is 11.7. The highest BCUT2D eigenvalue weighted by molar-refractivity contribution is 9.10. The molecule has 0 fully saturated rings. The molecule has 1 aromatic rings. The van der Waals surface area contributed by atoms with Gasteiger partial charge in [-0.3, -0.25) is 9.69 Å². The summed E-state index contributed by atoms with van der Waals surface area (Å²) in [7, 11) is 0. The maximum absolute atomic E-state index is 10.9. The highest BCUT2D eigenvalue weighted by Gasteiger charge is 2.24. The Morgan fingerprint density at radius 3 is 2.94 bits per heavy atom. The van der Waals surface area contributed by atoms with E-state index in [0.29, 0.717) is 0 Å². The van der Waals surface area contributed by atoms with Crippen molar-refractivity contribution < 1.29 is 9.90 Å². The Labute approximate surface area is 103 Å². The van der Waals surface area contributed by atoms with Gasteiger partial charge >= 0.3 is 5.97 Å². The Balaban J connectivity index is 2.19. The molecule has 0 radical (unpaired) electrons. The largest absolute Gasteiger partial charge is 0.480 e. The van der Waals surface area contributed by atoms with Gasteiger partial charge in [0.25, 0.3) is 0 Å².